The van der Waals surface area contributed by atoms with Crippen molar-refractivity contribution in [2.75, 3.05) is 5.32 Å². The number of amides is 1. The van der Waals surface area contributed by atoms with E-state index in [4.69, 9.17) is 0 Å². The molecule has 0 atom stereocenters. The summed E-state index contributed by atoms with van der Waals surface area (Å²) in [4.78, 5) is 31.0. The fourth-order valence-corrected chi connectivity index (χ4v) is 2.81. The number of para-hydroxylation sites is 1. The molecule has 0 aliphatic rings. The molecule has 0 radical (unpaired) electrons. The molecular weight excluding hydrogens is 314 g/mol. The maximum Gasteiger partial charge on any atom is 0.258 e. The Kier molecular flexibility index (Phi) is 4.42. The average Bonchev–Trinajstić information content (AvgIpc) is 3.00. The van der Waals surface area contributed by atoms with Crippen LogP contribution in [0.4, 0.5) is 5.13 Å². The molecule has 7 nitrogen and oxygen atoms in total. The predicted molar refractivity (Wildman–Crippen MR) is 88.6 cm³/mol. The Morgan fingerprint density at radius 2 is 2.13 bits per heavy atom. The maximum atomic E-state index is 12.0. The van der Waals surface area contributed by atoms with E-state index in [2.05, 4.69) is 25.5 Å². The van der Waals surface area contributed by atoms with E-state index in [9.17, 15) is 9.59 Å². The van der Waals surface area contributed by atoms with Crippen LogP contribution in [-0.4, -0.2) is 26.1 Å². The molecule has 3 rings (SSSR count). The minimum atomic E-state index is -0.192. The van der Waals surface area contributed by atoms with Crippen LogP contribution < -0.4 is 10.9 Å². The number of fused-ring (bicyclic) bond motifs is 1. The first-order chi connectivity index (χ1) is 11.2. The van der Waals surface area contributed by atoms with Crippen molar-refractivity contribution < 1.29 is 4.79 Å². The molecule has 0 fully saturated rings. The lowest BCUT2D eigenvalue weighted by Gasteiger charge is -2.03. The summed E-state index contributed by atoms with van der Waals surface area (Å²) >= 11 is 1.36. The Morgan fingerprint density at radius 1 is 1.30 bits per heavy atom. The number of H-pyrrole nitrogens is 1. The van der Waals surface area contributed by atoms with Gasteiger partial charge >= 0.3 is 0 Å². The van der Waals surface area contributed by atoms with Crippen LogP contribution in [0, 0.1) is 0 Å². The van der Waals surface area contributed by atoms with Crippen LogP contribution in [0.2, 0.25) is 0 Å². The quantitative estimate of drug-likeness (QED) is 0.744. The third-order valence-electron chi connectivity index (χ3n) is 3.27. The first-order valence-electron chi connectivity index (χ1n) is 7.26. The molecule has 8 heteroatoms. The summed E-state index contributed by atoms with van der Waals surface area (Å²) in [5, 5.41) is 12.5. The minimum absolute atomic E-state index is 0.181. The number of aryl methyl sites for hydroxylation is 2. The highest BCUT2D eigenvalue weighted by Gasteiger charge is 2.09. The molecule has 2 N–H and O–H groups in total. The lowest BCUT2D eigenvalue weighted by atomic mass is 10.2. The summed E-state index contributed by atoms with van der Waals surface area (Å²) < 4.78 is 0. The number of benzene rings is 1. The third kappa shape index (κ3) is 3.59. The highest BCUT2D eigenvalue weighted by Crippen LogP contribution is 2.15. The summed E-state index contributed by atoms with van der Waals surface area (Å²) in [5.41, 5.74) is 0.436. The summed E-state index contributed by atoms with van der Waals surface area (Å²) in [5.74, 6) is 0.315. The van der Waals surface area contributed by atoms with Crippen LogP contribution in [0.15, 0.2) is 29.1 Å². The van der Waals surface area contributed by atoms with Crippen molar-refractivity contribution in [3.05, 3.63) is 45.5 Å². The second-order valence-corrected chi connectivity index (χ2v) is 5.99. The summed E-state index contributed by atoms with van der Waals surface area (Å²) in [7, 11) is 0. The number of aromatic amines is 1. The normalized spacial score (nSPS) is 10.8. The number of carbonyl (C=O) groups is 1. The lowest BCUT2D eigenvalue weighted by molar-refractivity contribution is -0.116. The minimum Gasteiger partial charge on any atom is -0.310 e. The van der Waals surface area contributed by atoms with E-state index in [1.807, 2.05) is 13.0 Å². The number of carbonyl (C=O) groups excluding carboxylic acids is 1. The van der Waals surface area contributed by atoms with Gasteiger partial charge < -0.3 is 10.3 Å². The molecular formula is C15H15N5O2S. The zero-order valence-electron chi connectivity index (χ0n) is 12.5. The van der Waals surface area contributed by atoms with Gasteiger partial charge in [-0.2, -0.15) is 0 Å². The van der Waals surface area contributed by atoms with Crippen LogP contribution in [0.1, 0.15) is 24.2 Å². The Hall–Kier alpha value is -2.61. The molecule has 0 saturated carbocycles. The van der Waals surface area contributed by atoms with E-state index in [0.29, 0.717) is 28.3 Å². The van der Waals surface area contributed by atoms with E-state index >= 15 is 0 Å². The Morgan fingerprint density at radius 3 is 2.91 bits per heavy atom. The Balaban J connectivity index is 1.65. The van der Waals surface area contributed by atoms with Crippen molar-refractivity contribution in [1.82, 2.24) is 20.2 Å². The smallest absolute Gasteiger partial charge is 0.258 e. The van der Waals surface area contributed by atoms with Crippen molar-refractivity contribution >= 4 is 33.3 Å². The second-order valence-electron chi connectivity index (χ2n) is 4.93. The highest BCUT2D eigenvalue weighted by atomic mass is 32.1. The van der Waals surface area contributed by atoms with Gasteiger partial charge in [0, 0.05) is 12.8 Å². The van der Waals surface area contributed by atoms with Crippen molar-refractivity contribution in [1.29, 1.82) is 0 Å². The van der Waals surface area contributed by atoms with Gasteiger partial charge in [0.05, 0.1) is 10.9 Å². The van der Waals surface area contributed by atoms with Gasteiger partial charge in [-0.25, -0.2) is 4.98 Å². The van der Waals surface area contributed by atoms with Crippen molar-refractivity contribution in [2.24, 2.45) is 0 Å². The molecule has 23 heavy (non-hydrogen) atoms. The van der Waals surface area contributed by atoms with Gasteiger partial charge in [-0.3, -0.25) is 9.59 Å². The SMILES string of the molecule is CCc1nnc(NC(=O)CCc2nc3ccccc3c(=O)[nH]2)s1. The highest BCUT2D eigenvalue weighted by molar-refractivity contribution is 7.15. The van der Waals surface area contributed by atoms with Gasteiger partial charge in [-0.05, 0) is 18.6 Å². The molecule has 0 aliphatic heterocycles. The number of hydrogen-bond acceptors (Lipinski definition) is 6. The van der Waals surface area contributed by atoms with E-state index in [-0.39, 0.29) is 17.9 Å². The van der Waals surface area contributed by atoms with Gasteiger partial charge in [-0.15, -0.1) is 10.2 Å². The van der Waals surface area contributed by atoms with Crippen LogP contribution in [0.3, 0.4) is 0 Å². The summed E-state index contributed by atoms with van der Waals surface area (Å²) in [6.45, 7) is 1.98. The van der Waals surface area contributed by atoms with Gasteiger partial charge in [-0.1, -0.05) is 30.4 Å². The number of rotatable bonds is 5. The summed E-state index contributed by atoms with van der Waals surface area (Å²) in [6.07, 6.45) is 1.35. The summed E-state index contributed by atoms with van der Waals surface area (Å²) in [6, 6.07) is 7.12. The first kappa shape index (κ1) is 15.3. The molecule has 2 heterocycles. The van der Waals surface area contributed by atoms with Crippen LogP contribution >= 0.6 is 11.3 Å². The van der Waals surface area contributed by atoms with Crippen molar-refractivity contribution in [3.8, 4) is 0 Å². The molecule has 1 aromatic carbocycles. The molecule has 118 valence electrons. The van der Waals surface area contributed by atoms with Gasteiger partial charge in [0.25, 0.3) is 5.56 Å². The van der Waals surface area contributed by atoms with Crippen LogP contribution in [0.5, 0.6) is 0 Å². The van der Waals surface area contributed by atoms with E-state index in [1.165, 1.54) is 11.3 Å². The fraction of sp³-hybridized carbons (Fsp3) is 0.267. The zero-order valence-corrected chi connectivity index (χ0v) is 13.3. The molecule has 3 aromatic rings. The molecule has 0 saturated heterocycles. The van der Waals surface area contributed by atoms with E-state index in [1.54, 1.807) is 18.2 Å². The number of nitrogens with one attached hydrogen (secondary N) is 2. The number of aromatic nitrogens is 4. The second kappa shape index (κ2) is 6.66. The van der Waals surface area contributed by atoms with Gasteiger partial charge in [0.15, 0.2) is 0 Å². The first-order valence-corrected chi connectivity index (χ1v) is 8.07. The largest absolute Gasteiger partial charge is 0.310 e. The maximum absolute atomic E-state index is 12.0. The van der Waals surface area contributed by atoms with Crippen LogP contribution in [0.25, 0.3) is 10.9 Å². The molecule has 2 aromatic heterocycles. The predicted octanol–water partition coefficient (Wildman–Crippen LogP) is 1.91. The van der Waals surface area contributed by atoms with Gasteiger partial charge in [0.2, 0.25) is 11.0 Å². The number of hydrogen-bond donors (Lipinski definition) is 2. The zero-order chi connectivity index (χ0) is 16.2. The topological polar surface area (TPSA) is 101 Å². The lowest BCUT2D eigenvalue weighted by Crippen LogP contribution is -2.16. The molecule has 0 bridgehead atoms. The molecule has 1 amide bonds. The monoisotopic (exact) mass is 329 g/mol. The molecule has 0 unspecified atom stereocenters. The Bertz CT molecular complexity index is 902. The molecule has 0 spiro atoms. The third-order valence-corrected chi connectivity index (χ3v) is 4.25. The van der Waals surface area contributed by atoms with E-state index < -0.39 is 0 Å². The van der Waals surface area contributed by atoms with Crippen molar-refractivity contribution in [2.45, 2.75) is 26.2 Å². The van der Waals surface area contributed by atoms with E-state index in [0.717, 1.165) is 11.4 Å². The average molecular weight is 329 g/mol. The van der Waals surface area contributed by atoms with Gasteiger partial charge in [0.1, 0.15) is 10.8 Å². The number of nitrogens with zero attached hydrogens (tertiary/aromatic N) is 3. The standard InChI is InChI=1S/C15H15N5O2S/c1-2-13-19-20-15(23-13)18-12(21)8-7-11-16-10-6-4-3-5-9(10)14(22)17-11/h3-6H,2,7-8H2,1H3,(H,16,17,22)(H,18,20,21). The Labute approximate surface area is 135 Å². The fourth-order valence-electron chi connectivity index (χ4n) is 2.11. The van der Waals surface area contributed by atoms with Crippen LogP contribution in [-0.2, 0) is 17.6 Å². The molecule has 0 aliphatic carbocycles. The van der Waals surface area contributed by atoms with Crippen molar-refractivity contribution in [3.63, 3.8) is 0 Å². The number of anilines is 1.